The maximum atomic E-state index is 12.9. The lowest BCUT2D eigenvalue weighted by atomic mass is 9.41. The average Bonchev–Trinajstić information content (AvgIpc) is 3.56. The Bertz CT molecular complexity index is 1260. The van der Waals surface area contributed by atoms with Crippen LogP contribution in [0.4, 0.5) is 9.59 Å². The molecule has 8 fully saturated rings. The van der Waals surface area contributed by atoms with Crippen LogP contribution in [0.3, 0.4) is 0 Å². The third-order valence-corrected chi connectivity index (χ3v) is 16.5. The van der Waals surface area contributed by atoms with E-state index in [0.717, 1.165) is 77.5 Å². The van der Waals surface area contributed by atoms with Crippen molar-refractivity contribution >= 4 is 12.2 Å². The Hall–Kier alpha value is -1.54. The van der Waals surface area contributed by atoms with Gasteiger partial charge in [0.05, 0.1) is 18.3 Å². The fraction of sp³-hybridized carbons (Fsp3) is 0.947. The molecule has 1 N–H and O–H groups in total. The summed E-state index contributed by atoms with van der Waals surface area (Å²) in [6.45, 7) is 19.5. The number of fused-ring (bicyclic) bond motifs is 4. The number of carbonyl (C=O) groups is 2. The fourth-order valence-electron chi connectivity index (χ4n) is 13.8. The Kier molecular flexibility index (Phi) is 7.06. The molecule has 8 nitrogen and oxygen atoms in total. The standard InChI is InChI=1S/C38H60N2O6/c1-22(2)29(46-33(43)40-18-9-19-40)24-20-23(3)28-30(44-24)31(41)36(7)26-11-10-25-34(4,5)27(45-32(42)39-16-8-17-39)12-13-37(25)21-38(26,37)15-14-35(28,36)6/h22-31,41H,8-21H2,1-7H3/t23-,24-,25+,26+,27+,28+,29-,30+,31+,35-,36-,37-,38+/m1/s1. The van der Waals surface area contributed by atoms with Crippen LogP contribution in [0.15, 0.2) is 0 Å². The van der Waals surface area contributed by atoms with Gasteiger partial charge in [-0.3, -0.25) is 0 Å². The highest BCUT2D eigenvalue weighted by molar-refractivity contribution is 5.69. The molecule has 3 aliphatic heterocycles. The van der Waals surface area contributed by atoms with Crippen molar-refractivity contribution in [1.82, 2.24) is 9.80 Å². The van der Waals surface area contributed by atoms with Crippen LogP contribution in [-0.2, 0) is 14.2 Å². The first-order valence-corrected chi connectivity index (χ1v) is 19.0. The highest BCUT2D eigenvalue weighted by Gasteiger charge is 2.84. The highest BCUT2D eigenvalue weighted by Crippen LogP contribution is 2.89. The number of nitrogens with zero attached hydrogens (tertiary/aromatic N) is 2. The largest absolute Gasteiger partial charge is 0.446 e. The molecule has 0 unspecified atom stereocenters. The lowest BCUT2D eigenvalue weighted by molar-refractivity contribution is -0.186. The summed E-state index contributed by atoms with van der Waals surface area (Å²) in [4.78, 5) is 29.4. The summed E-state index contributed by atoms with van der Waals surface area (Å²) in [5.41, 5.74) is 0.263. The quantitative estimate of drug-likeness (QED) is 0.361. The van der Waals surface area contributed by atoms with Gasteiger partial charge in [0, 0.05) is 37.0 Å². The predicted molar refractivity (Wildman–Crippen MR) is 174 cm³/mol. The molecule has 46 heavy (non-hydrogen) atoms. The summed E-state index contributed by atoms with van der Waals surface area (Å²) in [5, 5.41) is 12.6. The van der Waals surface area contributed by atoms with Crippen LogP contribution < -0.4 is 0 Å². The first-order chi connectivity index (χ1) is 21.7. The van der Waals surface area contributed by atoms with E-state index < -0.39 is 6.10 Å². The van der Waals surface area contributed by atoms with Gasteiger partial charge in [0.15, 0.2) is 0 Å². The molecule has 13 atom stereocenters. The molecule has 3 heterocycles. The van der Waals surface area contributed by atoms with E-state index in [9.17, 15) is 14.7 Å². The summed E-state index contributed by atoms with van der Waals surface area (Å²) >= 11 is 0. The van der Waals surface area contributed by atoms with Gasteiger partial charge in [-0.25, -0.2) is 9.59 Å². The van der Waals surface area contributed by atoms with E-state index in [4.69, 9.17) is 14.2 Å². The Morgan fingerprint density at radius 3 is 2.13 bits per heavy atom. The average molecular weight is 641 g/mol. The molecule has 0 bridgehead atoms. The van der Waals surface area contributed by atoms with Gasteiger partial charge in [-0.05, 0) is 110 Å². The van der Waals surface area contributed by atoms with Gasteiger partial charge in [-0.1, -0.05) is 48.5 Å². The molecule has 3 saturated heterocycles. The smallest absolute Gasteiger partial charge is 0.410 e. The van der Waals surface area contributed by atoms with Crippen molar-refractivity contribution in [3.05, 3.63) is 0 Å². The summed E-state index contributed by atoms with van der Waals surface area (Å²) in [6, 6.07) is 0. The van der Waals surface area contributed by atoms with Gasteiger partial charge in [0.25, 0.3) is 0 Å². The molecule has 8 aliphatic rings. The third kappa shape index (κ3) is 3.92. The van der Waals surface area contributed by atoms with Crippen molar-refractivity contribution in [1.29, 1.82) is 0 Å². The van der Waals surface area contributed by atoms with E-state index in [2.05, 4.69) is 48.5 Å². The Labute approximate surface area is 276 Å². The van der Waals surface area contributed by atoms with Crippen molar-refractivity contribution in [2.75, 3.05) is 26.2 Å². The van der Waals surface area contributed by atoms with Gasteiger partial charge in [-0.2, -0.15) is 0 Å². The van der Waals surface area contributed by atoms with Crippen molar-refractivity contribution in [2.24, 2.45) is 56.7 Å². The summed E-state index contributed by atoms with van der Waals surface area (Å²) in [5.74, 6) is 1.81. The zero-order valence-corrected chi connectivity index (χ0v) is 29.6. The minimum Gasteiger partial charge on any atom is -0.446 e. The molecule has 2 spiro atoms. The number of carbonyl (C=O) groups excluding carboxylic acids is 2. The van der Waals surface area contributed by atoms with Crippen LogP contribution >= 0.6 is 0 Å². The van der Waals surface area contributed by atoms with Crippen molar-refractivity contribution in [2.45, 2.75) is 143 Å². The Morgan fingerprint density at radius 1 is 0.870 bits per heavy atom. The summed E-state index contributed by atoms with van der Waals surface area (Å²) in [7, 11) is 0. The van der Waals surface area contributed by atoms with Crippen LogP contribution in [0.25, 0.3) is 0 Å². The second kappa shape index (κ2) is 10.2. The topological polar surface area (TPSA) is 88.5 Å². The molecular formula is C38H60N2O6. The lowest BCUT2D eigenvalue weighted by Gasteiger charge is -2.63. The number of likely N-dealkylation sites (tertiary alicyclic amines) is 2. The molecule has 0 aromatic rings. The van der Waals surface area contributed by atoms with E-state index in [0.29, 0.717) is 29.1 Å². The monoisotopic (exact) mass is 640 g/mol. The van der Waals surface area contributed by atoms with Gasteiger partial charge in [0.2, 0.25) is 0 Å². The molecule has 0 radical (unpaired) electrons. The van der Waals surface area contributed by atoms with Gasteiger partial charge in [-0.15, -0.1) is 0 Å². The van der Waals surface area contributed by atoms with Crippen molar-refractivity contribution < 1.29 is 28.9 Å². The number of hydrogen-bond acceptors (Lipinski definition) is 6. The second-order valence-electron chi connectivity index (χ2n) is 18.7. The molecular weight excluding hydrogens is 580 g/mol. The van der Waals surface area contributed by atoms with Crippen molar-refractivity contribution in [3.8, 4) is 0 Å². The van der Waals surface area contributed by atoms with E-state index in [1.807, 2.05) is 4.90 Å². The van der Waals surface area contributed by atoms with Crippen LogP contribution in [0.2, 0.25) is 0 Å². The maximum Gasteiger partial charge on any atom is 0.410 e. The normalized spacial score (nSPS) is 50.5. The number of hydrogen-bond donors (Lipinski definition) is 1. The van der Waals surface area contributed by atoms with E-state index >= 15 is 0 Å². The predicted octanol–water partition coefficient (Wildman–Crippen LogP) is 6.88. The number of amides is 2. The number of ether oxygens (including phenoxy) is 3. The highest BCUT2D eigenvalue weighted by atomic mass is 16.6. The summed E-state index contributed by atoms with van der Waals surface area (Å²) in [6.07, 6.45) is 9.36. The van der Waals surface area contributed by atoms with Crippen molar-refractivity contribution in [3.63, 3.8) is 0 Å². The van der Waals surface area contributed by atoms with Gasteiger partial charge in [0.1, 0.15) is 12.2 Å². The van der Waals surface area contributed by atoms with E-state index in [-0.39, 0.29) is 64.2 Å². The Morgan fingerprint density at radius 2 is 1.50 bits per heavy atom. The third-order valence-electron chi connectivity index (χ3n) is 16.5. The summed E-state index contributed by atoms with van der Waals surface area (Å²) < 4.78 is 19.4. The van der Waals surface area contributed by atoms with Gasteiger partial charge < -0.3 is 29.1 Å². The van der Waals surface area contributed by atoms with Crippen LogP contribution in [0.1, 0.15) is 113 Å². The molecule has 5 aliphatic carbocycles. The second-order valence-corrected chi connectivity index (χ2v) is 18.7. The lowest BCUT2D eigenvalue weighted by Crippen LogP contribution is -2.60. The minimum atomic E-state index is -0.537. The maximum absolute atomic E-state index is 12.9. The van der Waals surface area contributed by atoms with Crippen LogP contribution in [-0.4, -0.2) is 83.8 Å². The molecule has 8 heteroatoms. The zero-order chi connectivity index (χ0) is 32.6. The van der Waals surface area contributed by atoms with Crippen LogP contribution in [0.5, 0.6) is 0 Å². The molecule has 8 rings (SSSR count). The molecule has 0 aromatic heterocycles. The SMILES string of the molecule is CC(C)[C@@H](OC(=O)N1CCC1)[C@H]1C[C@@H](C)[C@H]2[C@H](O1)[C@H](O)[C@@]1(C)[C@@H]3CC[C@H]4C(C)(C)[C@@H](OC(=O)N5CCC5)CC[C@@]45C[C@@]35CC[C@]21C. The van der Waals surface area contributed by atoms with Gasteiger partial charge >= 0.3 is 12.2 Å². The molecule has 2 amide bonds. The zero-order valence-electron chi connectivity index (χ0n) is 29.6. The van der Waals surface area contributed by atoms with Crippen LogP contribution in [0, 0.1) is 56.7 Å². The molecule has 0 aromatic carbocycles. The fourth-order valence-corrected chi connectivity index (χ4v) is 13.8. The minimum absolute atomic E-state index is 0.00485. The first-order valence-electron chi connectivity index (χ1n) is 19.0. The number of aliphatic hydroxyl groups excluding tert-OH is 1. The Balaban J connectivity index is 1.04. The molecule has 258 valence electrons. The first kappa shape index (κ1) is 31.7. The number of rotatable bonds is 4. The number of aliphatic hydroxyl groups is 1. The van der Waals surface area contributed by atoms with E-state index in [1.54, 1.807) is 4.90 Å². The molecule has 5 saturated carbocycles. The van der Waals surface area contributed by atoms with E-state index in [1.165, 1.54) is 12.8 Å².